The van der Waals surface area contributed by atoms with Gasteiger partial charge in [0.1, 0.15) is 11.6 Å². The number of carbonyl (C=O) groups excluding carboxylic acids is 1. The average Bonchev–Trinajstić information content (AvgIpc) is 3.57. The van der Waals surface area contributed by atoms with Gasteiger partial charge in [-0.25, -0.2) is 9.50 Å². The molecule has 6 rings (SSSR count). The molecule has 7 heteroatoms. The van der Waals surface area contributed by atoms with E-state index in [0.717, 1.165) is 65.8 Å². The van der Waals surface area contributed by atoms with Crippen molar-refractivity contribution in [2.45, 2.75) is 45.1 Å². The maximum Gasteiger partial charge on any atom is 0.258 e. The zero-order chi connectivity index (χ0) is 23.9. The van der Waals surface area contributed by atoms with Gasteiger partial charge in [0.2, 0.25) is 0 Å². The molecular weight excluding hydrogens is 438 g/mol. The smallest absolute Gasteiger partial charge is 0.258 e. The number of methoxy groups -OCH3 is 1. The molecule has 7 nitrogen and oxygen atoms in total. The van der Waals surface area contributed by atoms with Gasteiger partial charge in [0.05, 0.1) is 24.4 Å². The van der Waals surface area contributed by atoms with Crippen LogP contribution in [0.3, 0.4) is 0 Å². The number of fused-ring (bicyclic) bond motifs is 2. The monoisotopic (exact) mass is 469 g/mol. The number of amides is 1. The summed E-state index contributed by atoms with van der Waals surface area (Å²) in [6, 6.07) is 14.0. The van der Waals surface area contributed by atoms with Crippen molar-refractivity contribution in [2.75, 3.05) is 31.6 Å². The Morgan fingerprint density at radius 3 is 2.51 bits per heavy atom. The molecule has 35 heavy (non-hydrogen) atoms. The van der Waals surface area contributed by atoms with Gasteiger partial charge in [-0.3, -0.25) is 4.79 Å². The van der Waals surface area contributed by atoms with Crippen LogP contribution in [0.15, 0.2) is 48.7 Å². The minimum Gasteiger partial charge on any atom is -0.496 e. The highest BCUT2D eigenvalue weighted by Gasteiger charge is 2.32. The Labute approximate surface area is 205 Å². The summed E-state index contributed by atoms with van der Waals surface area (Å²) in [6.07, 6.45) is 7.46. The topological polar surface area (TPSA) is 63.0 Å². The molecule has 2 aromatic heterocycles. The molecule has 0 saturated carbocycles. The first-order valence-electron chi connectivity index (χ1n) is 12.6. The molecule has 2 aromatic carbocycles. The number of hydrogen-bond donors (Lipinski definition) is 0. The first-order valence-corrected chi connectivity index (χ1v) is 12.6. The van der Waals surface area contributed by atoms with Gasteiger partial charge in [0.15, 0.2) is 5.65 Å². The first kappa shape index (κ1) is 21.9. The molecule has 4 aromatic rings. The van der Waals surface area contributed by atoms with Gasteiger partial charge in [0, 0.05) is 37.5 Å². The van der Waals surface area contributed by atoms with Crippen molar-refractivity contribution in [2.24, 2.45) is 0 Å². The zero-order valence-corrected chi connectivity index (χ0v) is 20.4. The molecule has 2 aliphatic heterocycles. The quantitative estimate of drug-likeness (QED) is 0.413. The fourth-order valence-electron chi connectivity index (χ4n) is 5.62. The Bertz CT molecular complexity index is 1410. The van der Waals surface area contributed by atoms with Gasteiger partial charge >= 0.3 is 0 Å². The van der Waals surface area contributed by atoms with Crippen LogP contribution in [0.4, 0.5) is 5.82 Å². The molecule has 2 fully saturated rings. The van der Waals surface area contributed by atoms with Crippen LogP contribution in [0.5, 0.6) is 5.75 Å². The van der Waals surface area contributed by atoms with Crippen molar-refractivity contribution >= 4 is 28.1 Å². The average molecular weight is 470 g/mol. The van der Waals surface area contributed by atoms with E-state index in [4.69, 9.17) is 14.8 Å². The van der Waals surface area contributed by atoms with Crippen LogP contribution in [0.2, 0.25) is 0 Å². The van der Waals surface area contributed by atoms with Gasteiger partial charge in [-0.2, -0.15) is 5.10 Å². The summed E-state index contributed by atoms with van der Waals surface area (Å²) in [5.41, 5.74) is 3.48. The highest BCUT2D eigenvalue weighted by Crippen LogP contribution is 2.35. The molecule has 2 aliphatic rings. The van der Waals surface area contributed by atoms with Crippen molar-refractivity contribution in [1.29, 1.82) is 0 Å². The summed E-state index contributed by atoms with van der Waals surface area (Å²) in [5.74, 6) is 1.66. The number of carbonyl (C=O) groups is 1. The molecule has 180 valence electrons. The fraction of sp³-hybridized carbons (Fsp3) is 0.393. The summed E-state index contributed by atoms with van der Waals surface area (Å²) in [7, 11) is 1.63. The lowest BCUT2D eigenvalue weighted by Gasteiger charge is -2.35. The maximum atomic E-state index is 13.9. The molecule has 0 spiro atoms. The van der Waals surface area contributed by atoms with Gasteiger partial charge in [-0.15, -0.1) is 0 Å². The SMILES string of the molecule is COc1cc2ccccc2cc1C(=O)N1CCCC[C@H]1c1cc2nc(N3CCCC3)c(C)cn2n1. The number of aryl methyl sites for hydroxylation is 1. The minimum atomic E-state index is -0.0790. The number of benzene rings is 2. The third-order valence-corrected chi connectivity index (χ3v) is 7.43. The summed E-state index contributed by atoms with van der Waals surface area (Å²) in [5, 5.41) is 6.99. The molecule has 0 aliphatic carbocycles. The van der Waals surface area contributed by atoms with Crippen molar-refractivity contribution in [3.05, 3.63) is 65.5 Å². The Hall–Kier alpha value is -3.61. The third-order valence-electron chi connectivity index (χ3n) is 7.43. The van der Waals surface area contributed by atoms with Crippen molar-refractivity contribution < 1.29 is 9.53 Å². The highest BCUT2D eigenvalue weighted by atomic mass is 16.5. The fourth-order valence-corrected chi connectivity index (χ4v) is 5.62. The van der Waals surface area contributed by atoms with E-state index in [1.54, 1.807) is 7.11 Å². The number of nitrogens with zero attached hydrogens (tertiary/aromatic N) is 5. The largest absolute Gasteiger partial charge is 0.496 e. The number of likely N-dealkylation sites (tertiary alicyclic amines) is 1. The Morgan fingerprint density at radius 2 is 1.74 bits per heavy atom. The second-order valence-corrected chi connectivity index (χ2v) is 9.72. The standard InChI is InChI=1S/C28H31N5O2/c1-19-18-33-26(29-27(19)31-12-7-8-13-31)17-23(30-33)24-11-5-6-14-32(24)28(34)22-15-20-9-3-4-10-21(20)16-25(22)35-2/h3-4,9-10,15-18,24H,5-8,11-14H2,1-2H3/t24-/m0/s1. The molecule has 1 atom stereocenters. The van der Waals surface area contributed by atoms with Crippen LogP contribution in [-0.2, 0) is 0 Å². The lowest BCUT2D eigenvalue weighted by molar-refractivity contribution is 0.0602. The van der Waals surface area contributed by atoms with Crippen LogP contribution in [-0.4, -0.2) is 52.1 Å². The van der Waals surface area contributed by atoms with Crippen LogP contribution < -0.4 is 9.64 Å². The first-order chi connectivity index (χ1) is 17.1. The number of aromatic nitrogens is 3. The summed E-state index contributed by atoms with van der Waals surface area (Å²) < 4.78 is 7.52. The molecule has 0 unspecified atom stereocenters. The van der Waals surface area contributed by atoms with E-state index in [1.807, 2.05) is 45.8 Å². The molecule has 0 N–H and O–H groups in total. The third kappa shape index (κ3) is 3.89. The van der Waals surface area contributed by atoms with E-state index < -0.39 is 0 Å². The Kier molecular flexibility index (Phi) is 5.55. The lowest BCUT2D eigenvalue weighted by Crippen LogP contribution is -2.38. The van der Waals surface area contributed by atoms with Crippen LogP contribution in [0.25, 0.3) is 16.4 Å². The van der Waals surface area contributed by atoms with Crippen molar-refractivity contribution in [3.63, 3.8) is 0 Å². The van der Waals surface area contributed by atoms with Gasteiger partial charge in [-0.05, 0) is 61.9 Å². The van der Waals surface area contributed by atoms with Crippen molar-refractivity contribution in [3.8, 4) is 5.75 Å². The minimum absolute atomic E-state index is 0.00347. The molecule has 0 bridgehead atoms. The highest BCUT2D eigenvalue weighted by molar-refractivity contribution is 6.01. The number of hydrogen-bond acceptors (Lipinski definition) is 5. The van der Waals surface area contributed by atoms with Gasteiger partial charge in [-0.1, -0.05) is 24.3 Å². The van der Waals surface area contributed by atoms with Gasteiger partial charge in [0.25, 0.3) is 5.91 Å². The summed E-state index contributed by atoms with van der Waals surface area (Å²) in [4.78, 5) is 23.2. The lowest BCUT2D eigenvalue weighted by atomic mass is 9.97. The van der Waals surface area contributed by atoms with E-state index in [0.29, 0.717) is 17.9 Å². The van der Waals surface area contributed by atoms with E-state index in [9.17, 15) is 4.79 Å². The van der Waals surface area contributed by atoms with Gasteiger partial charge < -0.3 is 14.5 Å². The number of piperidine rings is 1. The molecular formula is C28H31N5O2. The zero-order valence-electron chi connectivity index (χ0n) is 20.4. The molecule has 2 saturated heterocycles. The summed E-state index contributed by atoms with van der Waals surface area (Å²) >= 11 is 0. The van der Waals surface area contributed by atoms with Crippen LogP contribution in [0, 0.1) is 6.92 Å². The second kappa shape index (κ2) is 8.87. The number of rotatable bonds is 4. The van der Waals surface area contributed by atoms with Crippen LogP contribution >= 0.6 is 0 Å². The Morgan fingerprint density at radius 1 is 1.00 bits per heavy atom. The predicted octanol–water partition coefficient (Wildman–Crippen LogP) is 5.17. The van der Waals surface area contributed by atoms with Crippen molar-refractivity contribution in [1.82, 2.24) is 19.5 Å². The van der Waals surface area contributed by atoms with Crippen LogP contribution in [0.1, 0.15) is 59.8 Å². The maximum absolute atomic E-state index is 13.9. The van der Waals surface area contributed by atoms with E-state index in [2.05, 4.69) is 24.1 Å². The molecule has 4 heterocycles. The van der Waals surface area contributed by atoms with E-state index in [-0.39, 0.29) is 11.9 Å². The molecule has 0 radical (unpaired) electrons. The van der Waals surface area contributed by atoms with E-state index >= 15 is 0 Å². The predicted molar refractivity (Wildman–Crippen MR) is 137 cm³/mol. The number of ether oxygens (including phenoxy) is 1. The second-order valence-electron chi connectivity index (χ2n) is 9.72. The molecule has 1 amide bonds. The number of anilines is 1. The normalized spacial score (nSPS) is 18.5. The van der Waals surface area contributed by atoms with E-state index in [1.165, 1.54) is 12.8 Å². The summed E-state index contributed by atoms with van der Waals surface area (Å²) in [6.45, 7) is 4.93. The Balaban J connectivity index is 1.36.